The summed E-state index contributed by atoms with van der Waals surface area (Å²) in [4.78, 5) is 23.7. The van der Waals surface area contributed by atoms with Gasteiger partial charge in [0.05, 0.1) is 20.1 Å². The molecule has 4 aromatic carbocycles. The first-order valence-corrected chi connectivity index (χ1v) is 15.4. The predicted molar refractivity (Wildman–Crippen MR) is 177 cm³/mol. The lowest BCUT2D eigenvalue weighted by atomic mass is 9.99. The van der Waals surface area contributed by atoms with Gasteiger partial charge in [-0.2, -0.15) is 0 Å². The summed E-state index contributed by atoms with van der Waals surface area (Å²) < 4.78 is 1.54. The van der Waals surface area contributed by atoms with Crippen LogP contribution in [-0.2, 0) is 9.59 Å². The first-order valence-electron chi connectivity index (χ1n) is 11.5. The molecular weight excluding hydrogens is 758 g/mol. The number of carboxylic acid groups (broad SMARTS) is 2. The Labute approximate surface area is 276 Å². The van der Waals surface area contributed by atoms with E-state index in [1.54, 1.807) is 12.1 Å². The first kappa shape index (κ1) is 31.7. The molecule has 0 amide bonds. The van der Waals surface area contributed by atoms with Crippen LogP contribution < -0.4 is 0 Å². The summed E-state index contributed by atoms with van der Waals surface area (Å²) in [6.45, 7) is 0. The third-order valence-electron chi connectivity index (χ3n) is 5.76. The lowest BCUT2D eigenvalue weighted by Crippen LogP contribution is -1.94. The molecule has 4 nitrogen and oxygen atoms in total. The molecule has 0 heterocycles. The molecule has 0 fully saturated rings. The summed E-state index contributed by atoms with van der Waals surface area (Å²) in [6.07, 6.45) is 4.79. The summed E-state index contributed by atoms with van der Waals surface area (Å²) >= 11 is 35.3. The fourth-order valence-electron chi connectivity index (χ4n) is 3.94. The van der Waals surface area contributed by atoms with Gasteiger partial charge in [-0.05, 0) is 58.7 Å². The molecule has 0 saturated heterocycles. The number of rotatable bonds is 8. The zero-order chi connectivity index (χ0) is 29.8. The van der Waals surface area contributed by atoms with Crippen molar-refractivity contribution in [2.75, 3.05) is 0 Å². The van der Waals surface area contributed by atoms with Gasteiger partial charge < -0.3 is 10.2 Å². The van der Waals surface area contributed by atoms with Crippen LogP contribution in [0.15, 0.2) is 91.6 Å². The zero-order valence-electron chi connectivity index (χ0n) is 20.5. The Morgan fingerprint density at radius 1 is 0.610 bits per heavy atom. The van der Waals surface area contributed by atoms with E-state index in [-0.39, 0.29) is 20.1 Å². The van der Waals surface area contributed by atoms with Crippen LogP contribution in [0.3, 0.4) is 0 Å². The Morgan fingerprint density at radius 3 is 1.32 bits per heavy atom. The molecule has 4 aromatic rings. The highest BCUT2D eigenvalue weighted by Crippen LogP contribution is 2.49. The molecule has 0 spiro atoms. The van der Waals surface area contributed by atoms with Gasteiger partial charge in [-0.15, -0.1) is 0 Å². The van der Waals surface area contributed by atoms with Gasteiger partial charge in [-0.3, -0.25) is 0 Å². The lowest BCUT2D eigenvalue weighted by Gasteiger charge is -2.18. The highest BCUT2D eigenvalue weighted by molar-refractivity contribution is 9.11. The number of carboxylic acids is 2. The quantitative estimate of drug-likeness (QED) is 0.174. The maximum Gasteiger partial charge on any atom is 0.328 e. The van der Waals surface area contributed by atoms with E-state index in [0.717, 1.165) is 32.2 Å². The molecule has 0 atom stereocenters. The van der Waals surface area contributed by atoms with Crippen molar-refractivity contribution in [3.63, 3.8) is 0 Å². The van der Waals surface area contributed by atoms with E-state index in [1.165, 1.54) is 23.9 Å². The average Bonchev–Trinajstić information content (AvgIpc) is 2.93. The number of hydrogen-bond donors (Lipinski definition) is 2. The molecule has 0 bridgehead atoms. The molecule has 0 aliphatic rings. The van der Waals surface area contributed by atoms with Crippen LogP contribution >= 0.6 is 90.0 Å². The van der Waals surface area contributed by atoms with Crippen molar-refractivity contribution in [3.05, 3.63) is 113 Å². The Balaban J connectivity index is 1.96. The number of hydrogen-bond acceptors (Lipinski definition) is 3. The molecular formula is C30H16Br2Cl4O4S. The maximum atomic E-state index is 11.3. The fraction of sp³-hybridized carbons (Fsp3) is 0. The van der Waals surface area contributed by atoms with Crippen molar-refractivity contribution in [1.82, 2.24) is 0 Å². The van der Waals surface area contributed by atoms with Gasteiger partial charge in [0.2, 0.25) is 0 Å². The first-order chi connectivity index (χ1) is 19.5. The van der Waals surface area contributed by atoms with Gasteiger partial charge in [-0.1, -0.05) is 126 Å². The van der Waals surface area contributed by atoms with Gasteiger partial charge in [-0.25, -0.2) is 9.59 Å². The Hall–Kier alpha value is -2.23. The van der Waals surface area contributed by atoms with E-state index in [4.69, 9.17) is 46.4 Å². The van der Waals surface area contributed by atoms with Gasteiger partial charge in [0, 0.05) is 42.0 Å². The summed E-state index contributed by atoms with van der Waals surface area (Å²) in [5, 5.41) is 19.2. The van der Waals surface area contributed by atoms with Gasteiger partial charge >= 0.3 is 11.9 Å². The maximum absolute atomic E-state index is 11.3. The van der Waals surface area contributed by atoms with Crippen LogP contribution in [0, 0.1) is 0 Å². The molecule has 208 valence electrons. The van der Waals surface area contributed by atoms with Gasteiger partial charge in [0.1, 0.15) is 0 Å². The Morgan fingerprint density at radius 2 is 0.976 bits per heavy atom. The van der Waals surface area contributed by atoms with E-state index in [2.05, 4.69) is 31.9 Å². The normalized spacial score (nSPS) is 11.5. The minimum atomic E-state index is -1.13. The molecule has 4 rings (SSSR count). The van der Waals surface area contributed by atoms with Crippen molar-refractivity contribution >= 4 is 114 Å². The minimum Gasteiger partial charge on any atom is -0.478 e. The number of carbonyl (C=O) groups is 2. The van der Waals surface area contributed by atoms with Crippen molar-refractivity contribution in [3.8, 4) is 22.3 Å². The van der Waals surface area contributed by atoms with E-state index in [9.17, 15) is 19.8 Å². The van der Waals surface area contributed by atoms with Crippen molar-refractivity contribution < 1.29 is 19.8 Å². The van der Waals surface area contributed by atoms with Crippen LogP contribution in [0.4, 0.5) is 0 Å². The molecule has 0 aromatic heterocycles. The van der Waals surface area contributed by atoms with Gasteiger partial charge in [0.25, 0.3) is 0 Å². The van der Waals surface area contributed by atoms with Crippen LogP contribution in [0.2, 0.25) is 20.1 Å². The number of halogens is 6. The molecule has 41 heavy (non-hydrogen) atoms. The Kier molecular flexibility index (Phi) is 10.7. The second-order valence-electron chi connectivity index (χ2n) is 8.33. The Bertz CT molecular complexity index is 1630. The number of aliphatic carboxylic acids is 2. The van der Waals surface area contributed by atoms with Crippen molar-refractivity contribution in [1.29, 1.82) is 0 Å². The SMILES string of the molecule is O=C(O)C=Cc1c(-c2ccccc2Br)cc(Sc2cc(-c3ccccc3Br)c(C=CC(=O)O)c(Cl)c2Cl)c(Cl)c1Cl. The second kappa shape index (κ2) is 13.8. The van der Waals surface area contributed by atoms with E-state index >= 15 is 0 Å². The molecule has 11 heteroatoms. The van der Waals surface area contributed by atoms with Crippen molar-refractivity contribution in [2.24, 2.45) is 0 Å². The third-order valence-corrected chi connectivity index (χ3v) is 10.2. The van der Waals surface area contributed by atoms with E-state index in [0.29, 0.717) is 32.0 Å². The fourth-order valence-corrected chi connectivity index (χ4v) is 7.10. The monoisotopic (exact) mass is 770 g/mol. The van der Waals surface area contributed by atoms with Crippen LogP contribution in [-0.4, -0.2) is 22.2 Å². The predicted octanol–water partition coefficient (Wildman–Crippen LogP) is 11.5. The van der Waals surface area contributed by atoms with Crippen LogP contribution in [0.1, 0.15) is 11.1 Å². The average molecular weight is 774 g/mol. The highest BCUT2D eigenvalue weighted by atomic mass is 79.9. The standard InChI is InChI=1S/C30H16Br2Cl4O4S/c31-21-7-3-1-5-15(21)19-13-23(29(35)27(33)17(19)9-11-25(37)38)41-24-14-20(16-6-2-4-8-22(16)32)18(10-12-26(39)40)28(34)30(24)36/h1-14H,(H,37,38)(H,39,40). The van der Waals surface area contributed by atoms with Crippen molar-refractivity contribution in [2.45, 2.75) is 9.79 Å². The smallest absolute Gasteiger partial charge is 0.328 e. The molecule has 0 unspecified atom stereocenters. The van der Waals surface area contributed by atoms with Gasteiger partial charge in [0.15, 0.2) is 0 Å². The summed E-state index contributed by atoms with van der Waals surface area (Å²) in [5.74, 6) is -2.27. The summed E-state index contributed by atoms with van der Waals surface area (Å²) in [7, 11) is 0. The highest BCUT2D eigenvalue weighted by Gasteiger charge is 2.22. The molecule has 0 aliphatic heterocycles. The molecule has 0 saturated carbocycles. The molecule has 0 aliphatic carbocycles. The minimum absolute atomic E-state index is 0.161. The lowest BCUT2D eigenvalue weighted by molar-refractivity contribution is -0.132. The van der Waals surface area contributed by atoms with E-state index < -0.39 is 11.9 Å². The largest absolute Gasteiger partial charge is 0.478 e. The van der Waals surface area contributed by atoms with Crippen LogP contribution in [0.5, 0.6) is 0 Å². The summed E-state index contributed by atoms with van der Waals surface area (Å²) in [6, 6.07) is 18.5. The number of benzene rings is 4. The zero-order valence-corrected chi connectivity index (χ0v) is 27.5. The molecule has 2 N–H and O–H groups in total. The third kappa shape index (κ3) is 7.23. The van der Waals surface area contributed by atoms with E-state index in [1.807, 2.05) is 48.5 Å². The molecule has 0 radical (unpaired) electrons. The topological polar surface area (TPSA) is 74.6 Å². The summed E-state index contributed by atoms with van der Waals surface area (Å²) in [5.41, 5.74) is 3.68. The second-order valence-corrected chi connectivity index (χ2v) is 12.6. The van der Waals surface area contributed by atoms with Crippen LogP contribution in [0.25, 0.3) is 34.4 Å².